The van der Waals surface area contributed by atoms with Gasteiger partial charge in [0.2, 0.25) is 0 Å². The number of carboxylic acids is 1. The standard InChI is InChI=1S/C15H31N3O3/c1-11(2)18(6)9-7-8-16-14(21)17-12(10-13(19)20)15(3,4)5/h11-12H,7-10H2,1-6H3,(H,19,20)(H2,16,17,21). The highest BCUT2D eigenvalue weighted by atomic mass is 16.4. The van der Waals surface area contributed by atoms with Gasteiger partial charge in [-0.2, -0.15) is 0 Å². The quantitative estimate of drug-likeness (QED) is 0.598. The fourth-order valence-electron chi connectivity index (χ4n) is 1.75. The molecule has 6 nitrogen and oxygen atoms in total. The number of carbonyl (C=O) groups is 2. The average molecular weight is 301 g/mol. The second-order valence-electron chi connectivity index (χ2n) is 6.84. The van der Waals surface area contributed by atoms with Gasteiger partial charge in [0.15, 0.2) is 0 Å². The van der Waals surface area contributed by atoms with Crippen molar-refractivity contribution < 1.29 is 14.7 Å². The first kappa shape index (κ1) is 19.7. The summed E-state index contributed by atoms with van der Waals surface area (Å²) < 4.78 is 0. The van der Waals surface area contributed by atoms with E-state index in [1.54, 1.807) is 0 Å². The number of carboxylic acid groups (broad SMARTS) is 1. The molecule has 0 bridgehead atoms. The molecule has 3 N–H and O–H groups in total. The minimum absolute atomic E-state index is 0.0764. The number of nitrogens with zero attached hydrogens (tertiary/aromatic N) is 1. The van der Waals surface area contributed by atoms with Gasteiger partial charge in [-0.3, -0.25) is 4.79 Å². The lowest BCUT2D eigenvalue weighted by molar-refractivity contribution is -0.138. The molecule has 0 heterocycles. The molecule has 2 amide bonds. The summed E-state index contributed by atoms with van der Waals surface area (Å²) in [5.74, 6) is -0.909. The van der Waals surface area contributed by atoms with Gasteiger partial charge in [-0.25, -0.2) is 4.79 Å². The Morgan fingerprint density at radius 1 is 1.24 bits per heavy atom. The minimum Gasteiger partial charge on any atom is -0.481 e. The Hall–Kier alpha value is -1.30. The number of aliphatic carboxylic acids is 1. The summed E-state index contributed by atoms with van der Waals surface area (Å²) in [5.41, 5.74) is -0.298. The molecule has 0 aliphatic heterocycles. The summed E-state index contributed by atoms with van der Waals surface area (Å²) >= 11 is 0. The van der Waals surface area contributed by atoms with Crippen molar-refractivity contribution in [2.24, 2.45) is 5.41 Å². The Bertz CT molecular complexity index is 338. The van der Waals surface area contributed by atoms with E-state index in [1.807, 2.05) is 27.8 Å². The Morgan fingerprint density at radius 3 is 2.24 bits per heavy atom. The highest BCUT2D eigenvalue weighted by Gasteiger charge is 2.28. The van der Waals surface area contributed by atoms with Gasteiger partial charge < -0.3 is 20.6 Å². The molecule has 0 aromatic rings. The molecule has 0 saturated carbocycles. The second-order valence-corrected chi connectivity index (χ2v) is 6.84. The van der Waals surface area contributed by atoms with Gasteiger partial charge in [0.25, 0.3) is 0 Å². The van der Waals surface area contributed by atoms with Crippen LogP contribution in [0, 0.1) is 5.41 Å². The molecule has 0 aliphatic rings. The van der Waals surface area contributed by atoms with E-state index in [-0.39, 0.29) is 17.9 Å². The van der Waals surface area contributed by atoms with E-state index < -0.39 is 12.0 Å². The molecule has 0 fully saturated rings. The summed E-state index contributed by atoms with van der Waals surface area (Å²) in [7, 11) is 2.05. The first-order valence-corrected chi connectivity index (χ1v) is 7.50. The Kier molecular flexibility index (Phi) is 8.32. The Morgan fingerprint density at radius 2 is 1.81 bits per heavy atom. The molecule has 0 saturated heterocycles. The van der Waals surface area contributed by atoms with Gasteiger partial charge >= 0.3 is 12.0 Å². The van der Waals surface area contributed by atoms with Crippen LogP contribution in [0.2, 0.25) is 0 Å². The Labute approximate surface area is 128 Å². The minimum atomic E-state index is -0.909. The molecule has 0 rings (SSSR count). The average Bonchev–Trinajstić information content (AvgIpc) is 2.31. The lowest BCUT2D eigenvalue weighted by atomic mass is 9.85. The first-order valence-electron chi connectivity index (χ1n) is 7.50. The van der Waals surface area contributed by atoms with Gasteiger partial charge in [-0.15, -0.1) is 0 Å². The van der Waals surface area contributed by atoms with Crippen LogP contribution in [0.3, 0.4) is 0 Å². The second kappa shape index (κ2) is 8.87. The van der Waals surface area contributed by atoms with Crippen molar-refractivity contribution in [2.45, 2.75) is 59.5 Å². The van der Waals surface area contributed by atoms with Gasteiger partial charge in [0, 0.05) is 18.6 Å². The monoisotopic (exact) mass is 301 g/mol. The first-order chi connectivity index (χ1) is 9.54. The molecule has 124 valence electrons. The normalized spacial score (nSPS) is 13.3. The lowest BCUT2D eigenvalue weighted by Gasteiger charge is -2.30. The van der Waals surface area contributed by atoms with Crippen LogP contribution in [0.25, 0.3) is 0 Å². The summed E-state index contributed by atoms with van der Waals surface area (Å²) in [4.78, 5) is 24.9. The third kappa shape index (κ3) is 9.28. The van der Waals surface area contributed by atoms with E-state index in [0.717, 1.165) is 13.0 Å². The zero-order valence-electron chi connectivity index (χ0n) is 14.2. The van der Waals surface area contributed by atoms with Crippen LogP contribution >= 0.6 is 0 Å². The van der Waals surface area contributed by atoms with Crippen molar-refractivity contribution in [3.05, 3.63) is 0 Å². The Balaban J connectivity index is 4.13. The van der Waals surface area contributed by atoms with Gasteiger partial charge in [-0.05, 0) is 39.3 Å². The predicted molar refractivity (Wildman–Crippen MR) is 84.4 cm³/mol. The molecule has 1 atom stereocenters. The summed E-state index contributed by atoms with van der Waals surface area (Å²) in [6.07, 6.45) is 0.786. The SMILES string of the molecule is CC(C)N(C)CCCNC(=O)NC(CC(=O)O)C(C)(C)C. The van der Waals surface area contributed by atoms with Gasteiger partial charge in [0.05, 0.1) is 6.42 Å². The van der Waals surface area contributed by atoms with Crippen LogP contribution in [-0.4, -0.2) is 54.2 Å². The third-order valence-electron chi connectivity index (χ3n) is 3.58. The van der Waals surface area contributed by atoms with Crippen molar-refractivity contribution in [1.82, 2.24) is 15.5 Å². The summed E-state index contributed by atoms with van der Waals surface area (Å²) in [5, 5.41) is 14.4. The lowest BCUT2D eigenvalue weighted by Crippen LogP contribution is -2.49. The molecule has 21 heavy (non-hydrogen) atoms. The van der Waals surface area contributed by atoms with Crippen LogP contribution in [-0.2, 0) is 4.79 Å². The van der Waals surface area contributed by atoms with Crippen LogP contribution in [0.1, 0.15) is 47.5 Å². The fourth-order valence-corrected chi connectivity index (χ4v) is 1.75. The number of rotatable bonds is 8. The smallest absolute Gasteiger partial charge is 0.315 e. The van der Waals surface area contributed by atoms with Crippen LogP contribution in [0.15, 0.2) is 0 Å². The zero-order valence-corrected chi connectivity index (χ0v) is 14.2. The third-order valence-corrected chi connectivity index (χ3v) is 3.58. The van der Waals surface area contributed by atoms with Crippen molar-refractivity contribution in [3.63, 3.8) is 0 Å². The van der Waals surface area contributed by atoms with Crippen LogP contribution in [0.4, 0.5) is 4.79 Å². The molecule has 1 unspecified atom stereocenters. The number of hydrogen-bond acceptors (Lipinski definition) is 3. The fraction of sp³-hybridized carbons (Fsp3) is 0.867. The largest absolute Gasteiger partial charge is 0.481 e. The highest BCUT2D eigenvalue weighted by molar-refractivity contribution is 5.75. The summed E-state index contributed by atoms with van der Waals surface area (Å²) in [6, 6.07) is -0.212. The molecule has 0 aromatic carbocycles. The van der Waals surface area contributed by atoms with E-state index >= 15 is 0 Å². The molecule has 0 aliphatic carbocycles. The molecule has 0 spiro atoms. The van der Waals surface area contributed by atoms with Gasteiger partial charge in [-0.1, -0.05) is 20.8 Å². The number of hydrogen-bond donors (Lipinski definition) is 3. The molecular formula is C15H31N3O3. The summed E-state index contributed by atoms with van der Waals surface area (Å²) in [6.45, 7) is 11.5. The van der Waals surface area contributed by atoms with Crippen molar-refractivity contribution in [1.29, 1.82) is 0 Å². The van der Waals surface area contributed by atoms with Crippen molar-refractivity contribution in [3.8, 4) is 0 Å². The molecule has 0 aromatic heterocycles. The maximum absolute atomic E-state index is 11.8. The number of amides is 2. The molecule has 0 radical (unpaired) electrons. The number of carbonyl (C=O) groups excluding carboxylic acids is 1. The zero-order chi connectivity index (χ0) is 16.6. The van der Waals surface area contributed by atoms with Crippen LogP contribution in [0.5, 0.6) is 0 Å². The number of urea groups is 1. The topological polar surface area (TPSA) is 81.7 Å². The predicted octanol–water partition coefficient (Wildman–Crippen LogP) is 1.91. The van der Waals surface area contributed by atoms with Crippen LogP contribution < -0.4 is 10.6 Å². The van der Waals surface area contributed by atoms with E-state index in [2.05, 4.69) is 29.4 Å². The van der Waals surface area contributed by atoms with E-state index in [9.17, 15) is 9.59 Å². The van der Waals surface area contributed by atoms with E-state index in [1.165, 1.54) is 0 Å². The number of nitrogens with one attached hydrogen (secondary N) is 2. The molecular weight excluding hydrogens is 270 g/mol. The van der Waals surface area contributed by atoms with E-state index in [4.69, 9.17) is 5.11 Å². The molecule has 6 heteroatoms. The van der Waals surface area contributed by atoms with Crippen molar-refractivity contribution >= 4 is 12.0 Å². The maximum atomic E-state index is 11.8. The highest BCUT2D eigenvalue weighted by Crippen LogP contribution is 2.21. The van der Waals surface area contributed by atoms with Gasteiger partial charge in [0.1, 0.15) is 0 Å². The van der Waals surface area contributed by atoms with E-state index in [0.29, 0.717) is 12.6 Å². The van der Waals surface area contributed by atoms with Crippen molar-refractivity contribution in [2.75, 3.05) is 20.1 Å². The maximum Gasteiger partial charge on any atom is 0.315 e.